The van der Waals surface area contributed by atoms with Gasteiger partial charge in [-0.2, -0.15) is 0 Å². The molecule has 0 bridgehead atoms. The predicted molar refractivity (Wildman–Crippen MR) is 67.9 cm³/mol. The molecule has 0 aliphatic carbocycles. The zero-order valence-electron chi connectivity index (χ0n) is 9.31. The van der Waals surface area contributed by atoms with Crippen LogP contribution in [0.5, 0.6) is 5.75 Å². The number of hydrogen-bond acceptors (Lipinski definition) is 2. The van der Waals surface area contributed by atoms with Gasteiger partial charge in [-0.15, -0.1) is 0 Å². The Morgan fingerprint density at radius 2 is 1.76 bits per heavy atom. The van der Waals surface area contributed by atoms with Crippen molar-refractivity contribution in [2.75, 3.05) is 7.11 Å². The number of benzene rings is 2. The Kier molecular flexibility index (Phi) is 3.45. The van der Waals surface area contributed by atoms with Gasteiger partial charge in [0, 0.05) is 5.56 Å². The fourth-order valence-electron chi connectivity index (χ4n) is 1.63. The molecular formula is C14H11ClO2. The summed E-state index contributed by atoms with van der Waals surface area (Å²) in [5.41, 5.74) is 1.00. The molecule has 0 atom stereocenters. The number of carbonyl (C=O) groups is 1. The van der Waals surface area contributed by atoms with Gasteiger partial charge in [0.15, 0.2) is 5.78 Å². The number of carbonyl (C=O) groups excluding carboxylic acids is 1. The Bertz CT molecular complexity index is 535. The van der Waals surface area contributed by atoms with Crippen LogP contribution in [0.3, 0.4) is 0 Å². The van der Waals surface area contributed by atoms with E-state index in [1.807, 2.05) is 18.2 Å². The lowest BCUT2D eigenvalue weighted by molar-refractivity contribution is 0.103. The summed E-state index contributed by atoms with van der Waals surface area (Å²) < 4.78 is 5.16. The maximum Gasteiger partial charge on any atom is 0.198 e. The van der Waals surface area contributed by atoms with Gasteiger partial charge in [-0.1, -0.05) is 48.0 Å². The Morgan fingerprint density at radius 1 is 1.06 bits per heavy atom. The molecule has 17 heavy (non-hydrogen) atoms. The second-order valence-corrected chi connectivity index (χ2v) is 3.92. The van der Waals surface area contributed by atoms with E-state index < -0.39 is 0 Å². The second-order valence-electron chi connectivity index (χ2n) is 3.51. The van der Waals surface area contributed by atoms with Gasteiger partial charge in [0.1, 0.15) is 5.75 Å². The van der Waals surface area contributed by atoms with Gasteiger partial charge in [0.25, 0.3) is 0 Å². The zero-order chi connectivity index (χ0) is 12.3. The monoisotopic (exact) mass is 246 g/mol. The largest absolute Gasteiger partial charge is 0.496 e. The average molecular weight is 247 g/mol. The molecule has 0 N–H and O–H groups in total. The summed E-state index contributed by atoms with van der Waals surface area (Å²) in [4.78, 5) is 12.3. The van der Waals surface area contributed by atoms with Crippen LogP contribution in [0.2, 0.25) is 5.02 Å². The van der Waals surface area contributed by atoms with Gasteiger partial charge >= 0.3 is 0 Å². The van der Waals surface area contributed by atoms with E-state index in [0.29, 0.717) is 21.9 Å². The topological polar surface area (TPSA) is 26.3 Å². The van der Waals surface area contributed by atoms with Crippen molar-refractivity contribution < 1.29 is 9.53 Å². The number of ether oxygens (including phenoxy) is 1. The van der Waals surface area contributed by atoms with Crippen LogP contribution in [0.1, 0.15) is 15.9 Å². The lowest BCUT2D eigenvalue weighted by Crippen LogP contribution is -2.04. The summed E-state index contributed by atoms with van der Waals surface area (Å²) in [6.45, 7) is 0. The third-order valence-corrected chi connectivity index (χ3v) is 2.77. The molecule has 0 spiro atoms. The van der Waals surface area contributed by atoms with Crippen LogP contribution in [0.4, 0.5) is 0 Å². The first-order valence-corrected chi connectivity index (χ1v) is 5.54. The highest BCUT2D eigenvalue weighted by atomic mass is 35.5. The van der Waals surface area contributed by atoms with E-state index in [1.165, 1.54) is 7.11 Å². The minimum atomic E-state index is -0.131. The van der Waals surface area contributed by atoms with Gasteiger partial charge in [0.05, 0.1) is 17.7 Å². The normalized spacial score (nSPS) is 10.0. The van der Waals surface area contributed by atoms with E-state index in [1.54, 1.807) is 30.3 Å². The van der Waals surface area contributed by atoms with Crippen LogP contribution < -0.4 is 4.74 Å². The highest BCUT2D eigenvalue weighted by molar-refractivity contribution is 6.35. The molecule has 0 saturated heterocycles. The molecule has 2 aromatic rings. The summed E-state index contributed by atoms with van der Waals surface area (Å²) in [5.74, 6) is 0.361. The zero-order valence-corrected chi connectivity index (χ0v) is 10.1. The van der Waals surface area contributed by atoms with Crippen molar-refractivity contribution in [1.29, 1.82) is 0 Å². The van der Waals surface area contributed by atoms with Crippen LogP contribution in [0.15, 0.2) is 48.5 Å². The van der Waals surface area contributed by atoms with Crippen LogP contribution in [-0.2, 0) is 0 Å². The first-order valence-electron chi connectivity index (χ1n) is 5.16. The molecule has 86 valence electrons. The number of ketones is 1. The Morgan fingerprint density at radius 3 is 2.41 bits per heavy atom. The molecule has 2 nitrogen and oxygen atoms in total. The van der Waals surface area contributed by atoms with E-state index in [9.17, 15) is 4.79 Å². The fourth-order valence-corrected chi connectivity index (χ4v) is 1.88. The number of hydrogen-bond donors (Lipinski definition) is 0. The molecule has 0 saturated carbocycles. The van der Waals surface area contributed by atoms with E-state index in [-0.39, 0.29) is 5.78 Å². The maximum absolute atomic E-state index is 12.3. The Labute approximate surface area is 105 Å². The van der Waals surface area contributed by atoms with Gasteiger partial charge in [-0.25, -0.2) is 0 Å². The minimum absolute atomic E-state index is 0.131. The second kappa shape index (κ2) is 5.02. The lowest BCUT2D eigenvalue weighted by Gasteiger charge is -2.09. The van der Waals surface area contributed by atoms with E-state index in [0.717, 1.165) is 0 Å². The summed E-state index contributed by atoms with van der Waals surface area (Å²) in [6, 6.07) is 14.2. The molecule has 0 amide bonds. The highest BCUT2D eigenvalue weighted by Gasteiger charge is 2.17. The Balaban J connectivity index is 2.51. The van der Waals surface area contributed by atoms with E-state index in [4.69, 9.17) is 16.3 Å². The third-order valence-electron chi connectivity index (χ3n) is 2.46. The van der Waals surface area contributed by atoms with Crippen molar-refractivity contribution in [3.05, 3.63) is 64.7 Å². The number of rotatable bonds is 3. The quantitative estimate of drug-likeness (QED) is 0.774. The van der Waals surface area contributed by atoms with Crippen LogP contribution in [0, 0.1) is 0 Å². The standard InChI is InChI=1S/C14H11ClO2/c1-17-12-9-5-8-11(15)13(12)14(16)10-6-3-2-4-7-10/h2-9H,1H3. The van der Waals surface area contributed by atoms with Crippen LogP contribution in [0.25, 0.3) is 0 Å². The average Bonchev–Trinajstić information content (AvgIpc) is 2.38. The van der Waals surface area contributed by atoms with E-state index >= 15 is 0 Å². The Hall–Kier alpha value is -1.80. The van der Waals surface area contributed by atoms with Crippen molar-refractivity contribution in [2.45, 2.75) is 0 Å². The van der Waals surface area contributed by atoms with Gasteiger partial charge in [-0.3, -0.25) is 4.79 Å². The fraction of sp³-hybridized carbons (Fsp3) is 0.0714. The molecule has 0 unspecified atom stereocenters. The van der Waals surface area contributed by atoms with Gasteiger partial charge < -0.3 is 4.74 Å². The first-order chi connectivity index (χ1) is 8.24. The molecule has 2 rings (SSSR count). The number of methoxy groups -OCH3 is 1. The van der Waals surface area contributed by atoms with Crippen molar-refractivity contribution in [1.82, 2.24) is 0 Å². The number of halogens is 1. The van der Waals surface area contributed by atoms with Crippen molar-refractivity contribution >= 4 is 17.4 Å². The van der Waals surface area contributed by atoms with Crippen molar-refractivity contribution in [2.24, 2.45) is 0 Å². The summed E-state index contributed by atoms with van der Waals surface area (Å²) in [7, 11) is 1.52. The van der Waals surface area contributed by atoms with Crippen LogP contribution >= 0.6 is 11.6 Å². The summed E-state index contributed by atoms with van der Waals surface area (Å²) >= 11 is 6.05. The molecule has 0 fully saturated rings. The molecule has 2 aromatic carbocycles. The smallest absolute Gasteiger partial charge is 0.198 e. The van der Waals surface area contributed by atoms with E-state index in [2.05, 4.69) is 0 Å². The maximum atomic E-state index is 12.3. The molecule has 0 heterocycles. The molecule has 0 aromatic heterocycles. The SMILES string of the molecule is COc1cccc(Cl)c1C(=O)c1ccccc1. The lowest BCUT2D eigenvalue weighted by atomic mass is 10.0. The summed E-state index contributed by atoms with van der Waals surface area (Å²) in [5, 5.41) is 0.401. The predicted octanol–water partition coefficient (Wildman–Crippen LogP) is 3.58. The third kappa shape index (κ3) is 2.32. The molecule has 0 aliphatic rings. The molecular weight excluding hydrogens is 236 g/mol. The van der Waals surface area contributed by atoms with Gasteiger partial charge in [-0.05, 0) is 12.1 Å². The summed E-state index contributed by atoms with van der Waals surface area (Å²) in [6.07, 6.45) is 0. The molecule has 3 heteroatoms. The highest BCUT2D eigenvalue weighted by Crippen LogP contribution is 2.28. The van der Waals surface area contributed by atoms with Crippen molar-refractivity contribution in [3.8, 4) is 5.75 Å². The first kappa shape index (κ1) is 11.7. The molecule has 0 radical (unpaired) electrons. The minimum Gasteiger partial charge on any atom is -0.496 e. The van der Waals surface area contributed by atoms with Crippen LogP contribution in [-0.4, -0.2) is 12.9 Å². The van der Waals surface area contributed by atoms with Gasteiger partial charge in [0.2, 0.25) is 0 Å². The molecule has 0 aliphatic heterocycles. The van der Waals surface area contributed by atoms with Crippen molar-refractivity contribution in [3.63, 3.8) is 0 Å².